The summed E-state index contributed by atoms with van der Waals surface area (Å²) in [4.78, 5) is 1.75. The minimum atomic E-state index is -4.34. The van der Waals surface area contributed by atoms with E-state index in [0.717, 1.165) is 18.9 Å². The van der Waals surface area contributed by atoms with E-state index < -0.39 is 11.7 Å². The van der Waals surface area contributed by atoms with Gasteiger partial charge in [0.2, 0.25) is 0 Å². The topological polar surface area (TPSA) is 23.5 Å². The number of hydrogen-bond donors (Lipinski definition) is 1. The molecule has 1 aromatic rings. The average Bonchev–Trinajstić information content (AvgIpc) is 2.37. The molecule has 1 saturated heterocycles. The molecule has 1 heterocycles. The number of benzene rings is 1. The van der Waals surface area contributed by atoms with Gasteiger partial charge in [-0.1, -0.05) is 15.9 Å². The van der Waals surface area contributed by atoms with Crippen molar-refractivity contribution in [2.75, 3.05) is 24.6 Å². The van der Waals surface area contributed by atoms with Crippen molar-refractivity contribution in [3.05, 3.63) is 28.2 Å². The van der Waals surface area contributed by atoms with E-state index >= 15 is 0 Å². The SMILES string of the molecule is OCC1CCN(c2cc(Br)ccc2C(F)(F)F)CC1. The van der Waals surface area contributed by atoms with Crippen molar-refractivity contribution in [1.82, 2.24) is 0 Å². The van der Waals surface area contributed by atoms with E-state index in [0.29, 0.717) is 17.6 Å². The third-order valence-corrected chi connectivity index (χ3v) is 3.97. The third kappa shape index (κ3) is 3.42. The number of aliphatic hydroxyl groups excluding tert-OH is 1. The lowest BCUT2D eigenvalue weighted by molar-refractivity contribution is -0.137. The number of rotatable bonds is 2. The van der Waals surface area contributed by atoms with Crippen LogP contribution in [0.2, 0.25) is 0 Å². The number of anilines is 1. The largest absolute Gasteiger partial charge is 0.418 e. The van der Waals surface area contributed by atoms with Crippen LogP contribution in [0.4, 0.5) is 18.9 Å². The summed E-state index contributed by atoms with van der Waals surface area (Å²) in [6.07, 6.45) is -2.90. The zero-order chi connectivity index (χ0) is 14.0. The van der Waals surface area contributed by atoms with Crippen LogP contribution < -0.4 is 4.90 Å². The highest BCUT2D eigenvalue weighted by Crippen LogP contribution is 2.39. The first-order valence-electron chi connectivity index (χ1n) is 6.14. The van der Waals surface area contributed by atoms with Gasteiger partial charge in [0.1, 0.15) is 0 Å². The van der Waals surface area contributed by atoms with Crippen molar-refractivity contribution in [2.45, 2.75) is 19.0 Å². The van der Waals surface area contributed by atoms with E-state index in [9.17, 15) is 13.2 Å². The highest BCUT2D eigenvalue weighted by atomic mass is 79.9. The highest BCUT2D eigenvalue weighted by Gasteiger charge is 2.35. The second-order valence-electron chi connectivity index (χ2n) is 4.77. The van der Waals surface area contributed by atoms with Gasteiger partial charge in [0.25, 0.3) is 0 Å². The molecular weight excluding hydrogens is 323 g/mol. The normalized spacial score (nSPS) is 17.8. The Morgan fingerprint density at radius 2 is 1.89 bits per heavy atom. The molecule has 0 aromatic heterocycles. The van der Waals surface area contributed by atoms with Gasteiger partial charge in [-0.25, -0.2) is 0 Å². The van der Waals surface area contributed by atoms with Crippen molar-refractivity contribution >= 4 is 21.6 Å². The van der Waals surface area contributed by atoms with E-state index in [1.165, 1.54) is 12.1 Å². The lowest BCUT2D eigenvalue weighted by Crippen LogP contribution is -2.36. The van der Waals surface area contributed by atoms with Crippen LogP contribution in [0.1, 0.15) is 18.4 Å². The Bertz CT molecular complexity index is 442. The molecule has 0 amide bonds. The number of halogens is 4. The summed E-state index contributed by atoms with van der Waals surface area (Å²) in [5, 5.41) is 9.07. The number of nitrogens with zero attached hydrogens (tertiary/aromatic N) is 1. The first-order valence-corrected chi connectivity index (χ1v) is 6.93. The van der Waals surface area contributed by atoms with Crippen LogP contribution in [-0.2, 0) is 6.18 Å². The molecule has 106 valence electrons. The standard InChI is InChI=1S/C13H15BrF3NO/c14-10-1-2-11(13(15,16)17)12(7-10)18-5-3-9(8-19)4-6-18/h1-2,7,9,19H,3-6,8H2. The van der Waals surface area contributed by atoms with Gasteiger partial charge in [-0.2, -0.15) is 13.2 Å². The second-order valence-corrected chi connectivity index (χ2v) is 5.69. The summed E-state index contributed by atoms with van der Waals surface area (Å²) < 4.78 is 39.6. The first kappa shape index (κ1) is 14.7. The van der Waals surface area contributed by atoms with E-state index in [1.807, 2.05) is 0 Å². The molecule has 2 nitrogen and oxygen atoms in total. The van der Waals surface area contributed by atoms with Crippen molar-refractivity contribution < 1.29 is 18.3 Å². The number of alkyl halides is 3. The van der Waals surface area contributed by atoms with E-state index in [2.05, 4.69) is 15.9 Å². The number of piperidine rings is 1. The smallest absolute Gasteiger partial charge is 0.396 e. The molecule has 0 saturated carbocycles. The van der Waals surface area contributed by atoms with Gasteiger partial charge in [0.15, 0.2) is 0 Å². The van der Waals surface area contributed by atoms with E-state index in [4.69, 9.17) is 5.11 Å². The molecule has 0 radical (unpaired) electrons. The maximum atomic E-state index is 13.0. The minimum Gasteiger partial charge on any atom is -0.396 e. The minimum absolute atomic E-state index is 0.110. The van der Waals surface area contributed by atoms with Crippen molar-refractivity contribution in [3.63, 3.8) is 0 Å². The molecule has 0 bridgehead atoms. The first-order chi connectivity index (χ1) is 8.91. The Morgan fingerprint density at radius 3 is 2.42 bits per heavy atom. The van der Waals surface area contributed by atoms with Crippen LogP contribution in [-0.4, -0.2) is 24.8 Å². The summed E-state index contributed by atoms with van der Waals surface area (Å²) in [5.74, 6) is 0.206. The molecule has 0 spiro atoms. The molecule has 0 atom stereocenters. The maximum absolute atomic E-state index is 13.0. The molecule has 0 unspecified atom stereocenters. The predicted molar refractivity (Wildman–Crippen MR) is 71.2 cm³/mol. The van der Waals surface area contributed by atoms with Gasteiger partial charge < -0.3 is 10.0 Å². The summed E-state index contributed by atoms with van der Waals surface area (Å²) in [5.41, 5.74) is -0.378. The van der Waals surface area contributed by atoms with E-state index in [-0.39, 0.29) is 18.2 Å². The molecule has 1 fully saturated rings. The fourth-order valence-corrected chi connectivity index (χ4v) is 2.71. The summed E-state index contributed by atoms with van der Waals surface area (Å²) in [7, 11) is 0. The Labute approximate surface area is 118 Å². The molecular formula is C13H15BrF3NO. The Kier molecular flexibility index (Phi) is 4.40. The van der Waals surface area contributed by atoms with Gasteiger partial charge in [0, 0.05) is 24.2 Å². The second kappa shape index (κ2) is 5.71. The average molecular weight is 338 g/mol. The Morgan fingerprint density at radius 1 is 1.26 bits per heavy atom. The fraction of sp³-hybridized carbons (Fsp3) is 0.538. The van der Waals surface area contributed by atoms with Gasteiger partial charge in [-0.15, -0.1) is 0 Å². The molecule has 0 aliphatic carbocycles. The van der Waals surface area contributed by atoms with Crippen LogP contribution in [0.3, 0.4) is 0 Å². The summed E-state index contributed by atoms with van der Waals surface area (Å²) in [6, 6.07) is 4.03. The van der Waals surface area contributed by atoms with Crippen LogP contribution in [0.5, 0.6) is 0 Å². The molecule has 19 heavy (non-hydrogen) atoms. The van der Waals surface area contributed by atoms with Crippen molar-refractivity contribution in [1.29, 1.82) is 0 Å². The maximum Gasteiger partial charge on any atom is 0.418 e. The zero-order valence-corrected chi connectivity index (χ0v) is 11.8. The molecule has 2 rings (SSSR count). The summed E-state index contributed by atoms with van der Waals surface area (Å²) >= 11 is 3.22. The highest BCUT2D eigenvalue weighted by molar-refractivity contribution is 9.10. The third-order valence-electron chi connectivity index (χ3n) is 3.48. The lowest BCUT2D eigenvalue weighted by Gasteiger charge is -2.34. The van der Waals surface area contributed by atoms with Crippen molar-refractivity contribution in [2.24, 2.45) is 5.92 Å². The Hall–Kier alpha value is -0.750. The van der Waals surface area contributed by atoms with Gasteiger partial charge >= 0.3 is 6.18 Å². The van der Waals surface area contributed by atoms with E-state index in [1.54, 1.807) is 4.90 Å². The molecule has 1 N–H and O–H groups in total. The van der Waals surface area contributed by atoms with Gasteiger partial charge in [0.05, 0.1) is 11.3 Å². The fourth-order valence-electron chi connectivity index (χ4n) is 2.36. The lowest BCUT2D eigenvalue weighted by atomic mass is 9.97. The van der Waals surface area contributed by atoms with Crippen LogP contribution in [0.25, 0.3) is 0 Å². The Balaban J connectivity index is 2.26. The zero-order valence-electron chi connectivity index (χ0n) is 10.3. The number of hydrogen-bond acceptors (Lipinski definition) is 2. The quantitative estimate of drug-likeness (QED) is 0.889. The van der Waals surface area contributed by atoms with Crippen molar-refractivity contribution in [3.8, 4) is 0 Å². The monoisotopic (exact) mass is 337 g/mol. The van der Waals surface area contributed by atoms with Crippen LogP contribution >= 0.6 is 15.9 Å². The van der Waals surface area contributed by atoms with Crippen LogP contribution in [0.15, 0.2) is 22.7 Å². The molecule has 1 aliphatic heterocycles. The van der Waals surface area contributed by atoms with Gasteiger partial charge in [-0.05, 0) is 37.0 Å². The predicted octanol–water partition coefficient (Wildman–Crippen LogP) is 3.68. The molecule has 1 aliphatic rings. The number of aliphatic hydroxyl groups is 1. The van der Waals surface area contributed by atoms with Crippen LogP contribution in [0, 0.1) is 5.92 Å². The molecule has 6 heteroatoms. The van der Waals surface area contributed by atoms with Gasteiger partial charge in [-0.3, -0.25) is 0 Å². The molecule has 1 aromatic carbocycles. The summed E-state index contributed by atoms with van der Waals surface area (Å²) in [6.45, 7) is 1.20.